The van der Waals surface area contributed by atoms with E-state index in [0.29, 0.717) is 18.0 Å². The first kappa shape index (κ1) is 9.21. The maximum absolute atomic E-state index is 5.53. The topological polar surface area (TPSA) is 73.1 Å². The van der Waals surface area contributed by atoms with Crippen LogP contribution in [0, 0.1) is 0 Å². The molecule has 14 heavy (non-hydrogen) atoms. The molecule has 0 radical (unpaired) electrons. The Labute approximate surface area is 82.7 Å². The SMILES string of the molecule is COC1CC(Nc2cc(N)ncn2)C1. The molecule has 1 aromatic heterocycles. The second kappa shape index (κ2) is 3.79. The highest BCUT2D eigenvalue weighted by Gasteiger charge is 2.28. The van der Waals surface area contributed by atoms with Gasteiger partial charge in [0.25, 0.3) is 0 Å². The molecule has 1 saturated carbocycles. The van der Waals surface area contributed by atoms with Crippen LogP contribution in [0.15, 0.2) is 12.4 Å². The van der Waals surface area contributed by atoms with Gasteiger partial charge >= 0.3 is 0 Å². The molecule has 0 amide bonds. The highest BCUT2D eigenvalue weighted by atomic mass is 16.5. The van der Waals surface area contributed by atoms with Gasteiger partial charge in [0.05, 0.1) is 6.10 Å². The minimum Gasteiger partial charge on any atom is -0.384 e. The molecule has 2 rings (SSSR count). The Hall–Kier alpha value is -1.36. The van der Waals surface area contributed by atoms with Crippen LogP contribution < -0.4 is 11.1 Å². The van der Waals surface area contributed by atoms with E-state index in [9.17, 15) is 0 Å². The van der Waals surface area contributed by atoms with Crippen molar-refractivity contribution in [2.24, 2.45) is 0 Å². The fourth-order valence-corrected chi connectivity index (χ4v) is 1.54. The standard InChI is InChI=1S/C9H14N4O/c1-14-7-2-6(3-7)13-9-4-8(10)11-5-12-9/h4-7H,2-3H2,1H3,(H3,10,11,12,13). The number of rotatable bonds is 3. The van der Waals surface area contributed by atoms with Crippen LogP contribution in [0.4, 0.5) is 11.6 Å². The summed E-state index contributed by atoms with van der Waals surface area (Å²) in [4.78, 5) is 7.89. The van der Waals surface area contributed by atoms with Gasteiger partial charge in [0.1, 0.15) is 18.0 Å². The second-order valence-corrected chi connectivity index (χ2v) is 3.50. The molecule has 1 aliphatic carbocycles. The minimum absolute atomic E-state index is 0.395. The lowest BCUT2D eigenvalue weighted by atomic mass is 9.89. The lowest BCUT2D eigenvalue weighted by Gasteiger charge is -2.34. The van der Waals surface area contributed by atoms with Crippen molar-refractivity contribution in [2.45, 2.75) is 25.0 Å². The molecule has 0 unspecified atom stereocenters. The van der Waals surface area contributed by atoms with E-state index < -0.39 is 0 Å². The highest BCUT2D eigenvalue weighted by molar-refractivity contribution is 5.44. The Balaban J connectivity index is 1.87. The first-order valence-electron chi connectivity index (χ1n) is 4.65. The van der Waals surface area contributed by atoms with Crippen molar-refractivity contribution in [3.05, 3.63) is 12.4 Å². The van der Waals surface area contributed by atoms with Crippen LogP contribution in [-0.4, -0.2) is 29.2 Å². The maximum atomic E-state index is 5.53. The largest absolute Gasteiger partial charge is 0.384 e. The first-order valence-corrected chi connectivity index (χ1v) is 4.65. The molecular formula is C9H14N4O. The van der Waals surface area contributed by atoms with Crippen molar-refractivity contribution in [3.63, 3.8) is 0 Å². The molecule has 1 aromatic rings. The van der Waals surface area contributed by atoms with Gasteiger partial charge in [-0.1, -0.05) is 0 Å². The van der Waals surface area contributed by atoms with E-state index in [-0.39, 0.29) is 0 Å². The van der Waals surface area contributed by atoms with E-state index in [4.69, 9.17) is 10.5 Å². The molecular weight excluding hydrogens is 180 g/mol. The van der Waals surface area contributed by atoms with Gasteiger partial charge in [-0.3, -0.25) is 0 Å². The third kappa shape index (κ3) is 1.93. The average molecular weight is 194 g/mol. The molecule has 0 saturated heterocycles. The van der Waals surface area contributed by atoms with E-state index in [1.807, 2.05) is 0 Å². The Kier molecular flexibility index (Phi) is 2.49. The van der Waals surface area contributed by atoms with Crippen LogP contribution >= 0.6 is 0 Å². The number of nitrogens with two attached hydrogens (primary N) is 1. The van der Waals surface area contributed by atoms with E-state index in [2.05, 4.69) is 15.3 Å². The van der Waals surface area contributed by atoms with Crippen molar-refractivity contribution in [3.8, 4) is 0 Å². The third-order valence-corrected chi connectivity index (χ3v) is 2.47. The summed E-state index contributed by atoms with van der Waals surface area (Å²) in [5.74, 6) is 1.28. The van der Waals surface area contributed by atoms with Crippen LogP contribution in [-0.2, 0) is 4.74 Å². The molecule has 3 N–H and O–H groups in total. The molecule has 0 aliphatic heterocycles. The van der Waals surface area contributed by atoms with Crippen molar-refractivity contribution in [1.29, 1.82) is 0 Å². The Bertz CT molecular complexity index is 311. The second-order valence-electron chi connectivity index (χ2n) is 3.50. The summed E-state index contributed by atoms with van der Waals surface area (Å²) in [6.45, 7) is 0. The Morgan fingerprint density at radius 1 is 1.50 bits per heavy atom. The summed E-state index contributed by atoms with van der Waals surface area (Å²) in [7, 11) is 1.74. The molecule has 0 atom stereocenters. The van der Waals surface area contributed by atoms with E-state index in [0.717, 1.165) is 18.7 Å². The van der Waals surface area contributed by atoms with Gasteiger partial charge in [0.2, 0.25) is 0 Å². The van der Waals surface area contributed by atoms with Gasteiger partial charge in [-0.15, -0.1) is 0 Å². The van der Waals surface area contributed by atoms with Gasteiger partial charge in [0, 0.05) is 19.2 Å². The summed E-state index contributed by atoms with van der Waals surface area (Å²) in [6, 6.07) is 2.19. The lowest BCUT2D eigenvalue weighted by Crippen LogP contribution is -2.40. The average Bonchev–Trinajstić information content (AvgIpc) is 2.10. The summed E-state index contributed by atoms with van der Waals surface area (Å²) in [6.07, 6.45) is 3.91. The molecule has 1 heterocycles. The summed E-state index contributed by atoms with van der Waals surface area (Å²) in [5.41, 5.74) is 5.53. The summed E-state index contributed by atoms with van der Waals surface area (Å²) >= 11 is 0. The van der Waals surface area contributed by atoms with E-state index in [1.165, 1.54) is 6.33 Å². The Morgan fingerprint density at radius 3 is 2.93 bits per heavy atom. The van der Waals surface area contributed by atoms with Crippen molar-refractivity contribution in [1.82, 2.24) is 9.97 Å². The number of methoxy groups -OCH3 is 1. The summed E-state index contributed by atoms with van der Waals surface area (Å²) < 4.78 is 5.18. The molecule has 1 aliphatic rings. The molecule has 0 aromatic carbocycles. The zero-order chi connectivity index (χ0) is 9.97. The van der Waals surface area contributed by atoms with Crippen LogP contribution in [0.1, 0.15) is 12.8 Å². The number of nitrogens with zero attached hydrogens (tertiary/aromatic N) is 2. The van der Waals surface area contributed by atoms with Crippen molar-refractivity contribution < 1.29 is 4.74 Å². The number of anilines is 2. The van der Waals surface area contributed by atoms with Gasteiger partial charge in [-0.25, -0.2) is 9.97 Å². The van der Waals surface area contributed by atoms with E-state index >= 15 is 0 Å². The third-order valence-electron chi connectivity index (χ3n) is 2.47. The van der Waals surface area contributed by atoms with Gasteiger partial charge in [0.15, 0.2) is 0 Å². The Morgan fingerprint density at radius 2 is 2.29 bits per heavy atom. The molecule has 76 valence electrons. The fourth-order valence-electron chi connectivity index (χ4n) is 1.54. The number of hydrogen-bond donors (Lipinski definition) is 2. The van der Waals surface area contributed by atoms with Crippen LogP contribution in [0.2, 0.25) is 0 Å². The fraction of sp³-hybridized carbons (Fsp3) is 0.556. The zero-order valence-corrected chi connectivity index (χ0v) is 8.10. The number of hydrogen-bond acceptors (Lipinski definition) is 5. The quantitative estimate of drug-likeness (QED) is 0.739. The normalized spacial score (nSPS) is 25.5. The molecule has 0 bridgehead atoms. The first-order chi connectivity index (χ1) is 6.78. The van der Waals surface area contributed by atoms with Crippen LogP contribution in [0.25, 0.3) is 0 Å². The van der Waals surface area contributed by atoms with Crippen molar-refractivity contribution in [2.75, 3.05) is 18.2 Å². The van der Waals surface area contributed by atoms with Crippen LogP contribution in [0.3, 0.4) is 0 Å². The van der Waals surface area contributed by atoms with Gasteiger partial charge in [-0.2, -0.15) is 0 Å². The number of nitrogen functional groups attached to an aromatic ring is 1. The predicted octanol–water partition coefficient (Wildman–Crippen LogP) is 0.648. The number of aromatic nitrogens is 2. The van der Waals surface area contributed by atoms with E-state index in [1.54, 1.807) is 13.2 Å². The monoisotopic (exact) mass is 194 g/mol. The smallest absolute Gasteiger partial charge is 0.131 e. The number of nitrogens with one attached hydrogen (secondary N) is 1. The predicted molar refractivity (Wildman–Crippen MR) is 53.9 cm³/mol. The molecule has 0 spiro atoms. The zero-order valence-electron chi connectivity index (χ0n) is 8.10. The molecule has 5 heteroatoms. The molecule has 1 fully saturated rings. The van der Waals surface area contributed by atoms with Crippen molar-refractivity contribution >= 4 is 11.6 Å². The number of ether oxygens (including phenoxy) is 1. The van der Waals surface area contributed by atoms with Crippen LogP contribution in [0.5, 0.6) is 0 Å². The van der Waals surface area contributed by atoms with Gasteiger partial charge in [-0.05, 0) is 12.8 Å². The molecule has 5 nitrogen and oxygen atoms in total. The summed E-state index contributed by atoms with van der Waals surface area (Å²) in [5, 5.41) is 3.27. The lowest BCUT2D eigenvalue weighted by molar-refractivity contribution is 0.0328. The minimum atomic E-state index is 0.395. The maximum Gasteiger partial charge on any atom is 0.131 e. The highest BCUT2D eigenvalue weighted by Crippen LogP contribution is 2.25. The van der Waals surface area contributed by atoms with Gasteiger partial charge < -0.3 is 15.8 Å².